The lowest BCUT2D eigenvalue weighted by molar-refractivity contribution is -0.116. The number of amides is 1. The van der Waals surface area contributed by atoms with Crippen LogP contribution in [-0.2, 0) is 4.79 Å². The molecule has 1 amide bonds. The van der Waals surface area contributed by atoms with E-state index in [-0.39, 0.29) is 11.7 Å². The minimum absolute atomic E-state index is 0.149. The second-order valence-electron chi connectivity index (χ2n) is 7.52. The number of hydrogen-bond donors (Lipinski definition) is 2. The van der Waals surface area contributed by atoms with Crippen molar-refractivity contribution in [3.8, 4) is 0 Å². The fraction of sp³-hybridized carbons (Fsp3) is 0.200. The van der Waals surface area contributed by atoms with E-state index in [2.05, 4.69) is 10.6 Å². The SMILES string of the molecule is CC1=C(Nc2cc(C(=O)Nc3ccccc3C)c3ccccc3c2)CCCC1=O. The Bertz CT molecular complexity index is 1140. The third-order valence-corrected chi connectivity index (χ3v) is 5.50. The molecule has 0 unspecified atom stereocenters. The number of para-hydroxylation sites is 1. The minimum Gasteiger partial charge on any atom is -0.359 e. The smallest absolute Gasteiger partial charge is 0.256 e. The van der Waals surface area contributed by atoms with Gasteiger partial charge in [0.05, 0.1) is 0 Å². The van der Waals surface area contributed by atoms with Gasteiger partial charge in [-0.25, -0.2) is 0 Å². The lowest BCUT2D eigenvalue weighted by Crippen LogP contribution is -2.16. The first kappa shape index (κ1) is 18.9. The second kappa shape index (κ2) is 7.92. The summed E-state index contributed by atoms with van der Waals surface area (Å²) in [6, 6.07) is 19.5. The van der Waals surface area contributed by atoms with Gasteiger partial charge in [0.25, 0.3) is 5.91 Å². The van der Waals surface area contributed by atoms with E-state index in [0.29, 0.717) is 12.0 Å². The third kappa shape index (κ3) is 3.92. The largest absolute Gasteiger partial charge is 0.359 e. The summed E-state index contributed by atoms with van der Waals surface area (Å²) >= 11 is 0. The summed E-state index contributed by atoms with van der Waals surface area (Å²) in [5.41, 5.74) is 4.98. The first-order valence-corrected chi connectivity index (χ1v) is 9.92. The molecule has 0 spiro atoms. The highest BCUT2D eigenvalue weighted by atomic mass is 16.1. The number of hydrogen-bond acceptors (Lipinski definition) is 3. The summed E-state index contributed by atoms with van der Waals surface area (Å²) in [6.07, 6.45) is 2.31. The van der Waals surface area contributed by atoms with E-state index >= 15 is 0 Å². The van der Waals surface area contributed by atoms with Crippen LogP contribution in [0.2, 0.25) is 0 Å². The van der Waals surface area contributed by atoms with E-state index in [0.717, 1.165) is 51.8 Å². The first-order valence-electron chi connectivity index (χ1n) is 9.92. The lowest BCUT2D eigenvalue weighted by atomic mass is 9.95. The van der Waals surface area contributed by atoms with Crippen molar-refractivity contribution < 1.29 is 9.59 Å². The highest BCUT2D eigenvalue weighted by molar-refractivity contribution is 6.14. The van der Waals surface area contributed by atoms with Gasteiger partial charge < -0.3 is 10.6 Å². The highest BCUT2D eigenvalue weighted by Crippen LogP contribution is 2.29. The predicted octanol–water partition coefficient (Wildman–Crippen LogP) is 5.84. The van der Waals surface area contributed by atoms with Crippen LogP contribution in [0.4, 0.5) is 11.4 Å². The number of Topliss-reactive ketones (excluding diaryl/α,β-unsaturated/α-hetero) is 1. The molecule has 0 bridgehead atoms. The maximum absolute atomic E-state index is 13.1. The first-order chi connectivity index (χ1) is 14.0. The van der Waals surface area contributed by atoms with Gasteiger partial charge in [-0.3, -0.25) is 9.59 Å². The number of benzene rings is 3. The Labute approximate surface area is 170 Å². The van der Waals surface area contributed by atoms with Crippen molar-refractivity contribution in [3.05, 3.63) is 83.1 Å². The maximum atomic E-state index is 13.1. The van der Waals surface area contributed by atoms with Crippen LogP contribution in [0.1, 0.15) is 42.1 Å². The number of allylic oxidation sites excluding steroid dienone is 2. The number of aryl methyl sites for hydroxylation is 1. The number of rotatable bonds is 4. The fourth-order valence-electron chi connectivity index (χ4n) is 3.77. The van der Waals surface area contributed by atoms with Gasteiger partial charge in [-0.05, 0) is 61.2 Å². The molecular formula is C25H24N2O2. The van der Waals surface area contributed by atoms with Gasteiger partial charge in [0.2, 0.25) is 0 Å². The molecule has 0 aliphatic heterocycles. The Morgan fingerprint density at radius 3 is 2.52 bits per heavy atom. The fourth-order valence-corrected chi connectivity index (χ4v) is 3.77. The van der Waals surface area contributed by atoms with Crippen molar-refractivity contribution >= 4 is 33.8 Å². The molecular weight excluding hydrogens is 360 g/mol. The van der Waals surface area contributed by atoms with Crippen LogP contribution in [0.3, 0.4) is 0 Å². The van der Waals surface area contributed by atoms with Crippen LogP contribution >= 0.6 is 0 Å². The topological polar surface area (TPSA) is 58.2 Å². The van der Waals surface area contributed by atoms with E-state index in [4.69, 9.17) is 0 Å². The molecule has 1 aliphatic carbocycles. The van der Waals surface area contributed by atoms with Crippen molar-refractivity contribution in [1.82, 2.24) is 0 Å². The normalized spacial score (nSPS) is 14.2. The molecule has 4 nitrogen and oxygen atoms in total. The molecule has 2 N–H and O–H groups in total. The van der Waals surface area contributed by atoms with Crippen LogP contribution in [0.15, 0.2) is 71.9 Å². The van der Waals surface area contributed by atoms with E-state index < -0.39 is 0 Å². The summed E-state index contributed by atoms with van der Waals surface area (Å²) in [4.78, 5) is 25.2. The molecule has 3 aromatic carbocycles. The van der Waals surface area contributed by atoms with Gasteiger partial charge in [0, 0.05) is 34.6 Å². The molecule has 0 saturated carbocycles. The van der Waals surface area contributed by atoms with E-state index in [9.17, 15) is 9.59 Å². The zero-order valence-corrected chi connectivity index (χ0v) is 16.7. The third-order valence-electron chi connectivity index (χ3n) is 5.50. The van der Waals surface area contributed by atoms with Crippen LogP contribution in [-0.4, -0.2) is 11.7 Å². The molecule has 29 heavy (non-hydrogen) atoms. The molecule has 3 aromatic rings. The highest BCUT2D eigenvalue weighted by Gasteiger charge is 2.18. The van der Waals surface area contributed by atoms with Gasteiger partial charge in [0.1, 0.15) is 0 Å². The van der Waals surface area contributed by atoms with E-state index in [1.807, 2.05) is 74.5 Å². The predicted molar refractivity (Wildman–Crippen MR) is 118 cm³/mol. The monoisotopic (exact) mass is 384 g/mol. The van der Waals surface area contributed by atoms with Gasteiger partial charge in [-0.1, -0.05) is 42.5 Å². The van der Waals surface area contributed by atoms with E-state index in [1.165, 1.54) is 0 Å². The summed E-state index contributed by atoms with van der Waals surface area (Å²) < 4.78 is 0. The van der Waals surface area contributed by atoms with Gasteiger partial charge in [-0.2, -0.15) is 0 Å². The second-order valence-corrected chi connectivity index (χ2v) is 7.52. The molecule has 0 radical (unpaired) electrons. The Hall–Kier alpha value is -3.40. The summed E-state index contributed by atoms with van der Waals surface area (Å²) in [6.45, 7) is 3.84. The van der Waals surface area contributed by atoms with Crippen molar-refractivity contribution in [3.63, 3.8) is 0 Å². The maximum Gasteiger partial charge on any atom is 0.256 e. The van der Waals surface area contributed by atoms with Crippen molar-refractivity contribution in [1.29, 1.82) is 0 Å². The number of carbonyl (C=O) groups is 2. The van der Waals surface area contributed by atoms with Gasteiger partial charge in [-0.15, -0.1) is 0 Å². The number of carbonyl (C=O) groups excluding carboxylic acids is 2. The molecule has 4 rings (SSSR count). The van der Waals surface area contributed by atoms with Crippen LogP contribution in [0.5, 0.6) is 0 Å². The van der Waals surface area contributed by atoms with Crippen molar-refractivity contribution in [2.24, 2.45) is 0 Å². The molecule has 0 saturated heterocycles. The summed E-state index contributed by atoms with van der Waals surface area (Å²) in [5.74, 6) is 0.0432. The quantitative estimate of drug-likeness (QED) is 0.594. The van der Waals surface area contributed by atoms with E-state index in [1.54, 1.807) is 0 Å². The standard InChI is InChI=1S/C25H24N2O2/c1-16-8-3-6-11-22(16)27-25(29)21-15-19(14-18-9-4-5-10-20(18)21)26-23-12-7-13-24(28)17(23)2/h3-6,8-11,14-15,26H,7,12-13H2,1-2H3,(H,27,29). The Balaban J connectivity index is 1.73. The average Bonchev–Trinajstić information content (AvgIpc) is 2.72. The molecule has 0 heterocycles. The number of nitrogens with one attached hydrogen (secondary N) is 2. The zero-order valence-electron chi connectivity index (χ0n) is 16.7. The zero-order chi connectivity index (χ0) is 20.4. The molecule has 0 atom stereocenters. The van der Waals surface area contributed by atoms with Crippen LogP contribution in [0, 0.1) is 6.92 Å². The lowest BCUT2D eigenvalue weighted by Gasteiger charge is -2.20. The van der Waals surface area contributed by atoms with Crippen LogP contribution < -0.4 is 10.6 Å². The van der Waals surface area contributed by atoms with Gasteiger partial charge >= 0.3 is 0 Å². The van der Waals surface area contributed by atoms with Crippen molar-refractivity contribution in [2.45, 2.75) is 33.1 Å². The average molecular weight is 384 g/mol. The van der Waals surface area contributed by atoms with Gasteiger partial charge in [0.15, 0.2) is 5.78 Å². The summed E-state index contributed by atoms with van der Waals surface area (Å²) in [7, 11) is 0. The molecule has 0 fully saturated rings. The minimum atomic E-state index is -0.149. The Kier molecular flexibility index (Phi) is 5.17. The molecule has 4 heteroatoms. The number of fused-ring (bicyclic) bond motifs is 1. The van der Waals surface area contributed by atoms with Crippen LogP contribution in [0.25, 0.3) is 10.8 Å². The molecule has 1 aliphatic rings. The summed E-state index contributed by atoms with van der Waals surface area (Å²) in [5, 5.41) is 8.31. The van der Waals surface area contributed by atoms with Crippen molar-refractivity contribution in [2.75, 3.05) is 10.6 Å². The Morgan fingerprint density at radius 1 is 0.931 bits per heavy atom. The number of anilines is 2. The number of ketones is 1. The Morgan fingerprint density at radius 2 is 1.69 bits per heavy atom. The molecule has 146 valence electrons. The molecule has 0 aromatic heterocycles.